The SMILES string of the molecule is CN(C)C(=O)Nc1cccc([N+](=O)[O-])c1. The van der Waals surface area contributed by atoms with Crippen molar-refractivity contribution in [2.45, 2.75) is 0 Å². The minimum absolute atomic E-state index is 0.0495. The Labute approximate surface area is 86.7 Å². The number of hydrogen-bond acceptors (Lipinski definition) is 3. The molecule has 0 aromatic heterocycles. The Hall–Kier alpha value is -2.11. The fraction of sp³-hybridized carbons (Fsp3) is 0.222. The second-order valence-corrected chi connectivity index (χ2v) is 3.13. The predicted octanol–water partition coefficient (Wildman–Crippen LogP) is 1.69. The Kier molecular flexibility index (Phi) is 3.22. The van der Waals surface area contributed by atoms with E-state index in [0.29, 0.717) is 5.69 Å². The summed E-state index contributed by atoms with van der Waals surface area (Å²) < 4.78 is 0. The summed E-state index contributed by atoms with van der Waals surface area (Å²) in [7, 11) is 3.18. The third kappa shape index (κ3) is 2.94. The van der Waals surface area contributed by atoms with Crippen molar-refractivity contribution in [3.63, 3.8) is 0 Å². The van der Waals surface area contributed by atoms with Crippen LogP contribution in [0.25, 0.3) is 0 Å². The Morgan fingerprint density at radius 2 is 2.13 bits per heavy atom. The molecule has 6 heteroatoms. The smallest absolute Gasteiger partial charge is 0.321 e. The van der Waals surface area contributed by atoms with E-state index < -0.39 is 4.92 Å². The van der Waals surface area contributed by atoms with E-state index in [4.69, 9.17) is 0 Å². The van der Waals surface area contributed by atoms with E-state index in [0.717, 1.165) is 0 Å². The molecule has 0 aliphatic rings. The molecule has 2 amide bonds. The second kappa shape index (κ2) is 4.41. The van der Waals surface area contributed by atoms with Crippen LogP contribution in [0, 0.1) is 10.1 Å². The fourth-order valence-corrected chi connectivity index (χ4v) is 0.933. The van der Waals surface area contributed by atoms with Crippen molar-refractivity contribution in [3.05, 3.63) is 34.4 Å². The molecule has 1 aromatic carbocycles. The van der Waals surface area contributed by atoms with Gasteiger partial charge in [-0.05, 0) is 6.07 Å². The molecule has 80 valence electrons. The van der Waals surface area contributed by atoms with Gasteiger partial charge in [0.25, 0.3) is 5.69 Å². The standard InChI is InChI=1S/C9H11N3O3/c1-11(2)9(13)10-7-4-3-5-8(6-7)12(14)15/h3-6H,1-2H3,(H,10,13). The molecule has 0 fully saturated rings. The third-order valence-corrected chi connectivity index (χ3v) is 1.71. The number of hydrogen-bond donors (Lipinski definition) is 1. The first kappa shape index (κ1) is 11.0. The van der Waals surface area contributed by atoms with Crippen molar-refractivity contribution in [1.29, 1.82) is 0 Å². The highest BCUT2D eigenvalue weighted by Gasteiger charge is 2.08. The van der Waals surface area contributed by atoms with Crippen molar-refractivity contribution in [2.24, 2.45) is 0 Å². The van der Waals surface area contributed by atoms with Crippen molar-refractivity contribution >= 4 is 17.4 Å². The molecule has 6 nitrogen and oxygen atoms in total. The minimum Gasteiger partial charge on any atom is -0.331 e. The minimum atomic E-state index is -0.509. The average Bonchev–Trinajstić information content (AvgIpc) is 2.18. The number of carbonyl (C=O) groups excluding carboxylic acids is 1. The number of benzene rings is 1. The van der Waals surface area contributed by atoms with Gasteiger partial charge in [0.2, 0.25) is 0 Å². The lowest BCUT2D eigenvalue weighted by atomic mass is 10.3. The first-order valence-electron chi connectivity index (χ1n) is 4.23. The van der Waals surface area contributed by atoms with Gasteiger partial charge in [-0.15, -0.1) is 0 Å². The van der Waals surface area contributed by atoms with Gasteiger partial charge in [0.05, 0.1) is 4.92 Å². The number of anilines is 1. The van der Waals surface area contributed by atoms with E-state index >= 15 is 0 Å². The zero-order valence-corrected chi connectivity index (χ0v) is 8.43. The van der Waals surface area contributed by atoms with Crippen LogP contribution in [-0.2, 0) is 0 Å². The number of urea groups is 1. The van der Waals surface area contributed by atoms with Gasteiger partial charge in [0, 0.05) is 31.9 Å². The molecular formula is C9H11N3O3. The zero-order valence-electron chi connectivity index (χ0n) is 8.43. The largest absolute Gasteiger partial charge is 0.331 e. The van der Waals surface area contributed by atoms with E-state index in [9.17, 15) is 14.9 Å². The molecule has 0 atom stereocenters. The monoisotopic (exact) mass is 209 g/mol. The van der Waals surface area contributed by atoms with Crippen molar-refractivity contribution < 1.29 is 9.72 Å². The summed E-state index contributed by atoms with van der Waals surface area (Å²) in [6.07, 6.45) is 0. The van der Waals surface area contributed by atoms with Gasteiger partial charge in [-0.3, -0.25) is 10.1 Å². The molecule has 0 saturated carbocycles. The molecule has 0 aliphatic heterocycles. The number of nitro benzene ring substituents is 1. The zero-order chi connectivity index (χ0) is 11.4. The number of amides is 2. The number of carbonyl (C=O) groups is 1. The molecular weight excluding hydrogens is 198 g/mol. The second-order valence-electron chi connectivity index (χ2n) is 3.13. The van der Waals surface area contributed by atoms with Gasteiger partial charge in [-0.1, -0.05) is 6.07 Å². The van der Waals surface area contributed by atoms with E-state index in [1.165, 1.54) is 23.1 Å². The van der Waals surface area contributed by atoms with E-state index in [-0.39, 0.29) is 11.7 Å². The van der Waals surface area contributed by atoms with Crippen LogP contribution in [0.1, 0.15) is 0 Å². The predicted molar refractivity (Wildman–Crippen MR) is 55.8 cm³/mol. The third-order valence-electron chi connectivity index (χ3n) is 1.71. The van der Waals surface area contributed by atoms with Gasteiger partial charge in [-0.25, -0.2) is 4.79 Å². The van der Waals surface area contributed by atoms with E-state index in [2.05, 4.69) is 5.32 Å². The molecule has 1 aromatic rings. The summed E-state index contributed by atoms with van der Waals surface area (Å²) in [5.41, 5.74) is 0.356. The molecule has 0 unspecified atom stereocenters. The summed E-state index contributed by atoms with van der Waals surface area (Å²) in [5, 5.41) is 13.0. The van der Waals surface area contributed by atoms with Gasteiger partial charge in [0.15, 0.2) is 0 Å². The van der Waals surface area contributed by atoms with Crippen LogP contribution >= 0.6 is 0 Å². The van der Waals surface area contributed by atoms with Crippen molar-refractivity contribution in [3.8, 4) is 0 Å². The Balaban J connectivity index is 2.83. The number of nitrogens with zero attached hydrogens (tertiary/aromatic N) is 2. The Bertz CT molecular complexity index is 390. The van der Waals surface area contributed by atoms with Crippen LogP contribution in [0.15, 0.2) is 24.3 Å². The summed E-state index contributed by atoms with van der Waals surface area (Å²) in [6.45, 7) is 0. The maximum atomic E-state index is 11.2. The van der Waals surface area contributed by atoms with Crippen LogP contribution < -0.4 is 5.32 Å². The molecule has 0 heterocycles. The molecule has 0 saturated heterocycles. The molecule has 0 bridgehead atoms. The lowest BCUT2D eigenvalue weighted by Gasteiger charge is -2.11. The topological polar surface area (TPSA) is 75.5 Å². The molecule has 15 heavy (non-hydrogen) atoms. The summed E-state index contributed by atoms with van der Waals surface area (Å²) in [6, 6.07) is 5.46. The average molecular weight is 209 g/mol. The lowest BCUT2D eigenvalue weighted by molar-refractivity contribution is -0.384. The highest BCUT2D eigenvalue weighted by molar-refractivity contribution is 5.89. The maximum Gasteiger partial charge on any atom is 0.321 e. The summed E-state index contributed by atoms with van der Waals surface area (Å²) in [4.78, 5) is 22.5. The van der Waals surface area contributed by atoms with Gasteiger partial charge >= 0.3 is 6.03 Å². The Morgan fingerprint density at radius 3 is 2.67 bits per heavy atom. The molecule has 1 N–H and O–H groups in total. The first-order chi connectivity index (χ1) is 7.00. The van der Waals surface area contributed by atoms with E-state index in [1.807, 2.05) is 0 Å². The summed E-state index contributed by atoms with van der Waals surface area (Å²) in [5.74, 6) is 0. The molecule has 0 aliphatic carbocycles. The van der Waals surface area contributed by atoms with Gasteiger partial charge in [0.1, 0.15) is 0 Å². The summed E-state index contributed by atoms with van der Waals surface area (Å²) >= 11 is 0. The fourth-order valence-electron chi connectivity index (χ4n) is 0.933. The highest BCUT2D eigenvalue weighted by atomic mass is 16.6. The Morgan fingerprint density at radius 1 is 1.47 bits per heavy atom. The van der Waals surface area contributed by atoms with Crippen LogP contribution in [0.5, 0.6) is 0 Å². The lowest BCUT2D eigenvalue weighted by Crippen LogP contribution is -2.27. The van der Waals surface area contributed by atoms with Crippen LogP contribution in [0.2, 0.25) is 0 Å². The first-order valence-corrected chi connectivity index (χ1v) is 4.23. The van der Waals surface area contributed by atoms with E-state index in [1.54, 1.807) is 20.2 Å². The number of non-ortho nitro benzene ring substituents is 1. The van der Waals surface area contributed by atoms with Crippen LogP contribution in [0.4, 0.5) is 16.2 Å². The van der Waals surface area contributed by atoms with Crippen molar-refractivity contribution in [2.75, 3.05) is 19.4 Å². The van der Waals surface area contributed by atoms with Crippen LogP contribution in [0.3, 0.4) is 0 Å². The van der Waals surface area contributed by atoms with Gasteiger partial charge < -0.3 is 10.2 Å². The molecule has 0 spiro atoms. The molecule has 0 radical (unpaired) electrons. The number of rotatable bonds is 2. The quantitative estimate of drug-likeness (QED) is 0.594. The normalized spacial score (nSPS) is 9.47. The van der Waals surface area contributed by atoms with Crippen LogP contribution in [-0.4, -0.2) is 29.9 Å². The number of nitro groups is 1. The molecule has 1 rings (SSSR count). The van der Waals surface area contributed by atoms with Gasteiger partial charge in [-0.2, -0.15) is 0 Å². The highest BCUT2D eigenvalue weighted by Crippen LogP contribution is 2.16. The number of nitrogens with one attached hydrogen (secondary N) is 1. The maximum absolute atomic E-state index is 11.2. The van der Waals surface area contributed by atoms with Crippen molar-refractivity contribution in [1.82, 2.24) is 4.90 Å².